The van der Waals surface area contributed by atoms with E-state index in [4.69, 9.17) is 9.47 Å². The predicted molar refractivity (Wildman–Crippen MR) is 71.1 cm³/mol. The second-order valence-corrected chi connectivity index (χ2v) is 4.42. The van der Waals surface area contributed by atoms with Gasteiger partial charge < -0.3 is 9.47 Å². The minimum Gasteiger partial charge on any atom is -0.497 e. The molecule has 1 aromatic carbocycles. The SMILES string of the molecule is COc1ccc(-c2c(OC(C)C)n[nH]c2C)cc1. The van der Waals surface area contributed by atoms with Gasteiger partial charge >= 0.3 is 0 Å². The second-order valence-electron chi connectivity index (χ2n) is 4.42. The molecule has 0 spiro atoms. The van der Waals surface area contributed by atoms with Crippen LogP contribution in [0.2, 0.25) is 0 Å². The van der Waals surface area contributed by atoms with Crippen molar-refractivity contribution in [3.63, 3.8) is 0 Å². The maximum Gasteiger partial charge on any atom is 0.241 e. The predicted octanol–water partition coefficient (Wildman–Crippen LogP) is 3.18. The smallest absolute Gasteiger partial charge is 0.241 e. The quantitative estimate of drug-likeness (QED) is 0.901. The Hall–Kier alpha value is -1.97. The highest BCUT2D eigenvalue weighted by atomic mass is 16.5. The summed E-state index contributed by atoms with van der Waals surface area (Å²) in [4.78, 5) is 0. The zero-order chi connectivity index (χ0) is 13.1. The molecule has 0 unspecified atom stereocenters. The standard InChI is InChI=1S/C14H18N2O2/c1-9(2)18-14-13(10(3)15-16-14)11-5-7-12(17-4)8-6-11/h5-9H,1-4H3,(H,15,16). The molecule has 1 N–H and O–H groups in total. The van der Waals surface area contributed by atoms with Crippen LogP contribution in [0.1, 0.15) is 19.5 Å². The minimum atomic E-state index is 0.102. The largest absolute Gasteiger partial charge is 0.497 e. The highest BCUT2D eigenvalue weighted by molar-refractivity contribution is 5.71. The number of rotatable bonds is 4. The van der Waals surface area contributed by atoms with Crippen LogP contribution in [0.15, 0.2) is 24.3 Å². The Kier molecular flexibility index (Phi) is 3.55. The number of hydrogen-bond donors (Lipinski definition) is 1. The number of nitrogens with zero attached hydrogens (tertiary/aromatic N) is 1. The lowest BCUT2D eigenvalue weighted by atomic mass is 10.1. The number of aromatic nitrogens is 2. The molecule has 0 atom stereocenters. The first kappa shape index (κ1) is 12.5. The maximum atomic E-state index is 5.70. The van der Waals surface area contributed by atoms with Gasteiger partial charge in [-0.1, -0.05) is 12.1 Å². The van der Waals surface area contributed by atoms with E-state index in [1.807, 2.05) is 45.0 Å². The van der Waals surface area contributed by atoms with E-state index < -0.39 is 0 Å². The fourth-order valence-corrected chi connectivity index (χ4v) is 1.81. The van der Waals surface area contributed by atoms with E-state index in [2.05, 4.69) is 10.2 Å². The van der Waals surface area contributed by atoms with Crippen LogP contribution in [-0.4, -0.2) is 23.4 Å². The summed E-state index contributed by atoms with van der Waals surface area (Å²) < 4.78 is 10.9. The highest BCUT2D eigenvalue weighted by Crippen LogP contribution is 2.32. The molecule has 2 rings (SSSR count). The van der Waals surface area contributed by atoms with Crippen LogP contribution in [0.25, 0.3) is 11.1 Å². The third-order valence-electron chi connectivity index (χ3n) is 2.64. The molecule has 0 fully saturated rings. The molecule has 0 saturated carbocycles. The van der Waals surface area contributed by atoms with Gasteiger partial charge in [-0.3, -0.25) is 5.10 Å². The van der Waals surface area contributed by atoms with E-state index >= 15 is 0 Å². The lowest BCUT2D eigenvalue weighted by Crippen LogP contribution is -2.06. The molecule has 0 bridgehead atoms. The Balaban J connectivity index is 2.39. The monoisotopic (exact) mass is 246 g/mol. The lowest BCUT2D eigenvalue weighted by molar-refractivity contribution is 0.233. The van der Waals surface area contributed by atoms with Crippen LogP contribution in [0, 0.1) is 6.92 Å². The Bertz CT molecular complexity index is 515. The van der Waals surface area contributed by atoms with Gasteiger partial charge in [0.05, 0.1) is 18.8 Å². The molecule has 1 heterocycles. The summed E-state index contributed by atoms with van der Waals surface area (Å²) in [7, 11) is 1.66. The number of nitrogens with one attached hydrogen (secondary N) is 1. The van der Waals surface area contributed by atoms with E-state index in [9.17, 15) is 0 Å². The van der Waals surface area contributed by atoms with Gasteiger partial charge in [0.1, 0.15) is 5.75 Å². The van der Waals surface area contributed by atoms with Crippen molar-refractivity contribution in [3.05, 3.63) is 30.0 Å². The van der Waals surface area contributed by atoms with Gasteiger partial charge in [0, 0.05) is 5.69 Å². The van der Waals surface area contributed by atoms with E-state index in [1.54, 1.807) is 7.11 Å². The summed E-state index contributed by atoms with van der Waals surface area (Å²) in [6.45, 7) is 5.96. The zero-order valence-corrected chi connectivity index (χ0v) is 11.2. The molecule has 4 nitrogen and oxygen atoms in total. The van der Waals surface area contributed by atoms with Crippen molar-refractivity contribution in [3.8, 4) is 22.8 Å². The number of benzene rings is 1. The van der Waals surface area contributed by atoms with Crippen molar-refractivity contribution in [2.75, 3.05) is 7.11 Å². The normalized spacial score (nSPS) is 10.7. The van der Waals surface area contributed by atoms with Gasteiger partial charge in [0.2, 0.25) is 5.88 Å². The molecular weight excluding hydrogens is 228 g/mol. The molecule has 0 aliphatic rings. The number of aryl methyl sites for hydroxylation is 1. The first-order chi connectivity index (χ1) is 8.61. The van der Waals surface area contributed by atoms with E-state index in [0.717, 1.165) is 22.6 Å². The van der Waals surface area contributed by atoms with Gasteiger partial charge in [-0.15, -0.1) is 5.10 Å². The van der Waals surface area contributed by atoms with E-state index in [1.165, 1.54) is 0 Å². The molecular formula is C14H18N2O2. The third-order valence-corrected chi connectivity index (χ3v) is 2.64. The molecule has 4 heteroatoms. The molecule has 18 heavy (non-hydrogen) atoms. The van der Waals surface area contributed by atoms with Crippen molar-refractivity contribution in [1.29, 1.82) is 0 Å². The Morgan fingerprint density at radius 3 is 2.39 bits per heavy atom. The van der Waals surface area contributed by atoms with Crippen molar-refractivity contribution >= 4 is 0 Å². The fraction of sp³-hybridized carbons (Fsp3) is 0.357. The number of H-pyrrole nitrogens is 1. The average Bonchev–Trinajstić information content (AvgIpc) is 2.70. The molecule has 0 saturated heterocycles. The number of methoxy groups -OCH3 is 1. The average molecular weight is 246 g/mol. The van der Waals surface area contributed by atoms with Gasteiger partial charge in [0.25, 0.3) is 0 Å². The summed E-state index contributed by atoms with van der Waals surface area (Å²) in [5, 5.41) is 7.16. The van der Waals surface area contributed by atoms with Crippen molar-refractivity contribution in [1.82, 2.24) is 10.2 Å². The highest BCUT2D eigenvalue weighted by Gasteiger charge is 2.14. The Morgan fingerprint density at radius 2 is 1.83 bits per heavy atom. The first-order valence-electron chi connectivity index (χ1n) is 5.98. The van der Waals surface area contributed by atoms with Crippen LogP contribution >= 0.6 is 0 Å². The zero-order valence-electron chi connectivity index (χ0n) is 11.2. The van der Waals surface area contributed by atoms with E-state index in [0.29, 0.717) is 5.88 Å². The van der Waals surface area contributed by atoms with Crippen molar-refractivity contribution < 1.29 is 9.47 Å². The van der Waals surface area contributed by atoms with Crippen LogP contribution in [0.4, 0.5) is 0 Å². The Morgan fingerprint density at radius 1 is 1.17 bits per heavy atom. The molecule has 0 radical (unpaired) electrons. The maximum absolute atomic E-state index is 5.70. The van der Waals surface area contributed by atoms with Crippen molar-refractivity contribution in [2.45, 2.75) is 26.9 Å². The molecule has 1 aromatic heterocycles. The van der Waals surface area contributed by atoms with Crippen LogP contribution < -0.4 is 9.47 Å². The molecule has 2 aromatic rings. The summed E-state index contributed by atoms with van der Waals surface area (Å²) in [5.41, 5.74) is 3.07. The number of aromatic amines is 1. The number of hydrogen-bond acceptors (Lipinski definition) is 3. The number of ether oxygens (including phenoxy) is 2. The third kappa shape index (κ3) is 2.47. The van der Waals surface area contributed by atoms with Gasteiger partial charge in [-0.2, -0.15) is 0 Å². The second kappa shape index (κ2) is 5.12. The summed E-state index contributed by atoms with van der Waals surface area (Å²) in [5.74, 6) is 1.49. The Labute approximate surface area is 107 Å². The van der Waals surface area contributed by atoms with Crippen LogP contribution in [0.5, 0.6) is 11.6 Å². The van der Waals surface area contributed by atoms with Gasteiger partial charge in [-0.05, 0) is 38.5 Å². The topological polar surface area (TPSA) is 47.1 Å². The summed E-state index contributed by atoms with van der Waals surface area (Å²) in [6, 6.07) is 7.87. The molecule has 0 aliphatic carbocycles. The molecule has 0 amide bonds. The molecule has 0 aliphatic heterocycles. The lowest BCUT2D eigenvalue weighted by Gasteiger charge is -2.09. The summed E-state index contributed by atoms with van der Waals surface area (Å²) in [6.07, 6.45) is 0.102. The van der Waals surface area contributed by atoms with Gasteiger partial charge in [0.15, 0.2) is 0 Å². The first-order valence-corrected chi connectivity index (χ1v) is 5.98. The summed E-state index contributed by atoms with van der Waals surface area (Å²) >= 11 is 0. The fourth-order valence-electron chi connectivity index (χ4n) is 1.81. The van der Waals surface area contributed by atoms with Crippen molar-refractivity contribution in [2.24, 2.45) is 0 Å². The molecule has 96 valence electrons. The van der Waals surface area contributed by atoms with E-state index in [-0.39, 0.29) is 6.10 Å². The van der Waals surface area contributed by atoms with Crippen LogP contribution in [-0.2, 0) is 0 Å². The minimum absolute atomic E-state index is 0.102. The van der Waals surface area contributed by atoms with Gasteiger partial charge in [-0.25, -0.2) is 0 Å². The van der Waals surface area contributed by atoms with Crippen LogP contribution in [0.3, 0.4) is 0 Å².